The normalized spacial score (nSPS) is 10.7. The van der Waals surface area contributed by atoms with E-state index in [0.717, 1.165) is 0 Å². The minimum atomic E-state index is -3.76. The molecule has 84 valence electrons. The van der Waals surface area contributed by atoms with Crippen molar-refractivity contribution < 1.29 is 24.0 Å². The first-order valence-electron chi connectivity index (χ1n) is 3.37. The monoisotopic (exact) mass is 225 g/mol. The Bertz CT molecular complexity index is 292. The van der Waals surface area contributed by atoms with Gasteiger partial charge in [0.15, 0.2) is 21.2 Å². The van der Waals surface area contributed by atoms with E-state index in [4.69, 9.17) is 0 Å². The minimum Gasteiger partial charge on any atom is -0.261 e. The van der Waals surface area contributed by atoms with E-state index < -0.39 is 39.4 Å². The van der Waals surface area contributed by atoms with E-state index in [2.05, 4.69) is 0 Å². The zero-order valence-electron chi connectivity index (χ0n) is 6.99. The molecule has 0 radical (unpaired) electrons. The first-order valence-corrected chi connectivity index (χ1v) is 3.37. The Morgan fingerprint density at radius 2 is 1.40 bits per heavy atom. The van der Waals surface area contributed by atoms with Gasteiger partial charge in [0.2, 0.25) is 0 Å². The molecule has 0 aliphatic heterocycles. The Hall–Kier alpha value is -2.20. The Morgan fingerprint density at radius 1 is 1.07 bits per heavy atom. The van der Waals surface area contributed by atoms with Crippen LogP contribution in [0, 0.1) is 30.3 Å². The lowest BCUT2D eigenvalue weighted by atomic mass is 10.2. The molecule has 0 rings (SSSR count). The van der Waals surface area contributed by atoms with E-state index in [1.54, 1.807) is 0 Å². The van der Waals surface area contributed by atoms with Gasteiger partial charge in [-0.2, -0.15) is 4.39 Å². The fourth-order valence-electron chi connectivity index (χ4n) is 0.740. The lowest BCUT2D eigenvalue weighted by molar-refractivity contribution is -0.970. The molecule has 0 N–H and O–H groups in total. The fourth-order valence-corrected chi connectivity index (χ4v) is 0.740. The van der Waals surface area contributed by atoms with Gasteiger partial charge in [0.1, 0.15) is 0 Å². The van der Waals surface area contributed by atoms with Gasteiger partial charge in [-0.3, -0.25) is 35.1 Å². The van der Waals surface area contributed by atoms with Gasteiger partial charge in [0.05, 0.1) is 6.42 Å². The first-order chi connectivity index (χ1) is 6.75. The second-order valence-corrected chi connectivity index (χ2v) is 2.40. The highest BCUT2D eigenvalue weighted by Gasteiger charge is 2.69. The van der Waals surface area contributed by atoms with Gasteiger partial charge in [-0.05, 0) is 0 Å². The Labute approximate surface area is 80.1 Å². The molecule has 11 heteroatoms. The molecule has 0 bridgehead atoms. The quantitative estimate of drug-likeness (QED) is 0.262. The summed E-state index contributed by atoms with van der Waals surface area (Å²) in [4.78, 5) is 35.1. The number of carbonyl (C=O) groups excluding carboxylic acids is 1. The summed E-state index contributed by atoms with van der Waals surface area (Å²) in [6.07, 6.45) is -2.70. The number of hydrogen-bond donors (Lipinski definition) is 0. The molecule has 0 aromatic rings. The van der Waals surface area contributed by atoms with Crippen molar-refractivity contribution >= 4 is 6.04 Å². The van der Waals surface area contributed by atoms with E-state index in [9.17, 15) is 39.5 Å². The molecular formula is C4H4FN3O7. The predicted octanol–water partition coefficient (Wildman–Crippen LogP) is -0.253. The van der Waals surface area contributed by atoms with Gasteiger partial charge in [0.25, 0.3) is 0 Å². The maximum Gasteiger partial charge on any atom is 0.700 e. The van der Waals surface area contributed by atoms with Crippen molar-refractivity contribution in [3.63, 3.8) is 0 Å². The first kappa shape index (κ1) is 12.8. The van der Waals surface area contributed by atoms with Crippen molar-refractivity contribution in [2.24, 2.45) is 0 Å². The third-order valence-corrected chi connectivity index (χ3v) is 1.53. The van der Waals surface area contributed by atoms with Crippen LogP contribution in [-0.2, 0) is 4.79 Å². The number of carbonyl (C=O) groups is 1. The largest absolute Gasteiger partial charge is 0.700 e. The highest BCUT2D eigenvalue weighted by Crippen LogP contribution is 2.19. The number of halogens is 1. The van der Waals surface area contributed by atoms with E-state index in [-0.39, 0.29) is 0 Å². The predicted molar refractivity (Wildman–Crippen MR) is 39.1 cm³/mol. The molecule has 0 amide bonds. The second kappa shape index (κ2) is 4.34. The molecule has 0 saturated carbocycles. The number of rotatable bonds is 6. The van der Waals surface area contributed by atoms with Crippen LogP contribution in [0.25, 0.3) is 0 Å². The van der Waals surface area contributed by atoms with Crippen LogP contribution in [0.15, 0.2) is 0 Å². The van der Waals surface area contributed by atoms with Crippen LogP contribution in [0.5, 0.6) is 0 Å². The summed E-state index contributed by atoms with van der Waals surface area (Å²) in [5.74, 6) is -3.76. The highest BCUT2D eigenvalue weighted by atomic mass is 19.1. The second-order valence-electron chi connectivity index (χ2n) is 2.40. The Balaban J connectivity index is 5.15. The summed E-state index contributed by atoms with van der Waals surface area (Å²) in [7, 11) is 0. The molecule has 10 nitrogen and oxygen atoms in total. The zero-order valence-corrected chi connectivity index (χ0v) is 6.99. The van der Waals surface area contributed by atoms with E-state index in [1.165, 1.54) is 0 Å². The number of nitrogens with zero attached hydrogens (tertiary/aromatic N) is 3. The van der Waals surface area contributed by atoms with Crippen molar-refractivity contribution in [3.8, 4) is 0 Å². The molecule has 0 saturated heterocycles. The molecule has 0 heterocycles. The lowest BCUT2D eigenvalue weighted by Gasteiger charge is -2.06. The van der Waals surface area contributed by atoms with Crippen molar-refractivity contribution in [2.45, 2.75) is 18.6 Å². The van der Waals surface area contributed by atoms with Gasteiger partial charge in [-0.1, -0.05) is 0 Å². The average Bonchev–Trinajstić information content (AvgIpc) is 2.02. The smallest absolute Gasteiger partial charge is 0.261 e. The van der Waals surface area contributed by atoms with Crippen LogP contribution in [0.3, 0.4) is 0 Å². The van der Waals surface area contributed by atoms with E-state index in [0.29, 0.717) is 0 Å². The molecular weight excluding hydrogens is 221 g/mol. The van der Waals surface area contributed by atoms with Crippen LogP contribution >= 0.6 is 0 Å². The standard InChI is InChI=1S/C4H4FN3O7/c5-3(9)1-2-4(6(10)11,7(12)13)8(14)15/h1-2H2. The van der Waals surface area contributed by atoms with Gasteiger partial charge in [-0.25, -0.2) is 0 Å². The maximum absolute atomic E-state index is 11.7. The third-order valence-electron chi connectivity index (χ3n) is 1.53. The number of hydrogen-bond acceptors (Lipinski definition) is 7. The third kappa shape index (κ3) is 2.38. The molecule has 0 unspecified atom stereocenters. The van der Waals surface area contributed by atoms with Crippen molar-refractivity contribution in [3.05, 3.63) is 30.3 Å². The topological polar surface area (TPSA) is 146 Å². The Morgan fingerprint density at radius 3 is 1.60 bits per heavy atom. The molecule has 0 aliphatic carbocycles. The maximum atomic E-state index is 11.7. The van der Waals surface area contributed by atoms with Crippen LogP contribution in [0.2, 0.25) is 0 Å². The summed E-state index contributed by atoms with van der Waals surface area (Å²) in [6.45, 7) is 0. The van der Waals surface area contributed by atoms with E-state index in [1.807, 2.05) is 0 Å². The molecule has 0 aromatic carbocycles. The SMILES string of the molecule is O=C(F)CCC([N+](=O)[O-])([N+](=O)[O-])[N+](=O)[O-]. The summed E-state index contributed by atoms with van der Waals surface area (Å²) in [6, 6.07) is -2.09. The number of nitro groups is 3. The van der Waals surface area contributed by atoms with Gasteiger partial charge in [0, 0.05) is 0 Å². The fraction of sp³-hybridized carbons (Fsp3) is 0.750. The highest BCUT2D eigenvalue weighted by molar-refractivity contribution is 5.67. The lowest BCUT2D eigenvalue weighted by Crippen LogP contribution is -2.53. The molecule has 0 fully saturated rings. The summed E-state index contributed by atoms with van der Waals surface area (Å²) >= 11 is 0. The molecule has 0 atom stereocenters. The van der Waals surface area contributed by atoms with Gasteiger partial charge < -0.3 is 0 Å². The minimum absolute atomic E-state index is 1.26. The molecule has 15 heavy (non-hydrogen) atoms. The van der Waals surface area contributed by atoms with E-state index >= 15 is 0 Å². The van der Waals surface area contributed by atoms with Gasteiger partial charge in [-0.15, -0.1) is 0 Å². The average molecular weight is 225 g/mol. The molecule has 0 aliphatic rings. The van der Waals surface area contributed by atoms with Crippen LogP contribution in [0.1, 0.15) is 12.8 Å². The zero-order chi connectivity index (χ0) is 12.2. The van der Waals surface area contributed by atoms with Crippen LogP contribution < -0.4 is 0 Å². The summed E-state index contributed by atoms with van der Waals surface area (Å²) in [5.41, 5.74) is 0. The van der Waals surface area contributed by atoms with Crippen molar-refractivity contribution in [1.29, 1.82) is 0 Å². The van der Waals surface area contributed by atoms with Crippen molar-refractivity contribution in [1.82, 2.24) is 0 Å². The van der Waals surface area contributed by atoms with Gasteiger partial charge >= 0.3 is 11.8 Å². The van der Waals surface area contributed by atoms with Crippen LogP contribution in [0.4, 0.5) is 4.39 Å². The molecule has 0 spiro atoms. The van der Waals surface area contributed by atoms with Crippen molar-refractivity contribution in [2.75, 3.05) is 0 Å². The summed E-state index contributed by atoms with van der Waals surface area (Å²) in [5, 5.41) is 30.6. The Kier molecular flexibility index (Phi) is 3.71. The molecule has 0 aromatic heterocycles. The summed E-state index contributed by atoms with van der Waals surface area (Å²) < 4.78 is 11.7. The van der Waals surface area contributed by atoms with Crippen LogP contribution in [-0.4, -0.2) is 26.6 Å².